The van der Waals surface area contributed by atoms with Gasteiger partial charge < -0.3 is 20.5 Å². The second-order valence-electron chi connectivity index (χ2n) is 7.30. The van der Waals surface area contributed by atoms with Crippen molar-refractivity contribution in [1.29, 1.82) is 0 Å². The third-order valence-electron chi connectivity index (χ3n) is 4.95. The average Bonchev–Trinajstić information content (AvgIpc) is 3.04. The first-order valence-corrected chi connectivity index (χ1v) is 10.6. The number of sulfonamides is 1. The number of nitrogens with one attached hydrogen (secondary N) is 2. The van der Waals surface area contributed by atoms with Crippen LogP contribution in [0.5, 0.6) is 0 Å². The number of nitrogens with zero attached hydrogens (tertiary/aromatic N) is 1. The molecule has 1 amide bonds. The highest BCUT2D eigenvalue weighted by molar-refractivity contribution is 7.89. The lowest BCUT2D eigenvalue weighted by molar-refractivity contribution is -0.0440. The average molecular weight is 434 g/mol. The van der Waals surface area contributed by atoms with E-state index in [0.717, 1.165) is 0 Å². The molecule has 0 radical (unpaired) electrons. The van der Waals surface area contributed by atoms with E-state index < -0.39 is 16.1 Å². The summed E-state index contributed by atoms with van der Waals surface area (Å²) in [5, 5.41) is 15.6. The van der Waals surface area contributed by atoms with Crippen LogP contribution in [0.3, 0.4) is 0 Å². The maximum atomic E-state index is 13.0. The molecule has 2 heterocycles. The van der Waals surface area contributed by atoms with Gasteiger partial charge in [-0.15, -0.1) is 12.4 Å². The Morgan fingerprint density at radius 3 is 2.57 bits per heavy atom. The van der Waals surface area contributed by atoms with Gasteiger partial charge in [-0.05, 0) is 32.0 Å². The summed E-state index contributed by atoms with van der Waals surface area (Å²) in [7, 11) is -3.70. The van der Waals surface area contributed by atoms with Crippen LogP contribution in [0.25, 0.3) is 0 Å². The normalized spacial score (nSPS) is 28.5. The van der Waals surface area contributed by atoms with Crippen molar-refractivity contribution in [3.8, 4) is 0 Å². The number of aliphatic hydroxyl groups excluding tert-OH is 1. The number of carbonyl (C=O) groups is 1. The van der Waals surface area contributed by atoms with Crippen molar-refractivity contribution in [2.45, 2.75) is 37.1 Å². The lowest BCUT2D eigenvalue weighted by Gasteiger charge is -2.34. The zero-order valence-electron chi connectivity index (χ0n) is 16.0. The molecule has 8 nitrogen and oxygen atoms in total. The molecule has 1 aromatic carbocycles. The number of rotatable bonds is 5. The number of aliphatic hydroxyl groups is 1. The van der Waals surface area contributed by atoms with Gasteiger partial charge in [-0.1, -0.05) is 6.07 Å². The summed E-state index contributed by atoms with van der Waals surface area (Å²) in [5.41, 5.74) is 0.283. The van der Waals surface area contributed by atoms with Crippen molar-refractivity contribution < 1.29 is 23.1 Å². The number of amides is 1. The van der Waals surface area contributed by atoms with Crippen molar-refractivity contribution in [1.82, 2.24) is 14.9 Å². The van der Waals surface area contributed by atoms with Gasteiger partial charge in [0.2, 0.25) is 10.0 Å². The molecular weight excluding hydrogens is 406 g/mol. The van der Waals surface area contributed by atoms with Crippen LogP contribution < -0.4 is 10.6 Å². The van der Waals surface area contributed by atoms with Crippen LogP contribution in [0.4, 0.5) is 0 Å². The molecular formula is C18H28ClN3O5S. The number of carbonyl (C=O) groups excluding carboxylic acids is 1. The molecule has 3 N–H and O–H groups in total. The van der Waals surface area contributed by atoms with Gasteiger partial charge in [-0.3, -0.25) is 4.79 Å². The molecule has 3 rings (SSSR count). The molecule has 0 spiro atoms. The SMILES string of the molecule is CC1CN(S(=O)(=O)c2cccc(C(=O)NCC3CNCC3O)c2)CC(C)O1.Cl. The molecule has 2 aliphatic rings. The minimum atomic E-state index is -3.70. The van der Waals surface area contributed by atoms with Crippen LogP contribution in [0, 0.1) is 5.92 Å². The highest BCUT2D eigenvalue weighted by atomic mass is 35.5. The fraction of sp³-hybridized carbons (Fsp3) is 0.611. The summed E-state index contributed by atoms with van der Waals surface area (Å²) in [6, 6.07) is 6.06. The molecule has 0 aliphatic carbocycles. The smallest absolute Gasteiger partial charge is 0.251 e. The van der Waals surface area contributed by atoms with E-state index in [1.165, 1.54) is 16.4 Å². The second-order valence-corrected chi connectivity index (χ2v) is 9.24. The van der Waals surface area contributed by atoms with E-state index in [-0.39, 0.29) is 60.0 Å². The van der Waals surface area contributed by atoms with Gasteiger partial charge in [0.25, 0.3) is 5.91 Å². The molecule has 0 aromatic heterocycles. The molecule has 28 heavy (non-hydrogen) atoms. The largest absolute Gasteiger partial charge is 0.391 e. The number of morpholine rings is 1. The Bertz CT molecular complexity index is 781. The van der Waals surface area contributed by atoms with Gasteiger partial charge in [-0.25, -0.2) is 8.42 Å². The standard InChI is InChI=1S/C18H27N3O5S.ClH/c1-12-10-21(11-13(2)26-12)27(24,25)16-5-3-4-14(6-16)18(23)20-8-15-7-19-9-17(15)22;/h3-6,12-13,15,17,19,22H,7-11H2,1-2H3,(H,20,23);1H. The van der Waals surface area contributed by atoms with E-state index in [1.807, 2.05) is 13.8 Å². The van der Waals surface area contributed by atoms with Crippen LogP contribution in [0.15, 0.2) is 29.2 Å². The molecule has 4 unspecified atom stereocenters. The molecule has 2 aliphatic heterocycles. The van der Waals surface area contributed by atoms with Gasteiger partial charge in [-0.2, -0.15) is 4.31 Å². The Morgan fingerprint density at radius 1 is 1.29 bits per heavy atom. The summed E-state index contributed by atoms with van der Waals surface area (Å²) in [6.45, 7) is 5.75. The minimum Gasteiger partial charge on any atom is -0.391 e. The molecule has 158 valence electrons. The van der Waals surface area contributed by atoms with Crippen LogP contribution in [0.2, 0.25) is 0 Å². The van der Waals surface area contributed by atoms with E-state index >= 15 is 0 Å². The van der Waals surface area contributed by atoms with Crippen molar-refractivity contribution in [2.24, 2.45) is 5.92 Å². The third kappa shape index (κ3) is 5.22. The Labute approximate surface area is 172 Å². The third-order valence-corrected chi connectivity index (χ3v) is 6.78. The first-order chi connectivity index (χ1) is 12.8. The monoisotopic (exact) mass is 433 g/mol. The van der Waals surface area contributed by atoms with E-state index in [4.69, 9.17) is 4.74 Å². The predicted molar refractivity (Wildman–Crippen MR) is 107 cm³/mol. The van der Waals surface area contributed by atoms with Gasteiger partial charge >= 0.3 is 0 Å². The van der Waals surface area contributed by atoms with E-state index in [1.54, 1.807) is 12.1 Å². The van der Waals surface area contributed by atoms with Crippen molar-refractivity contribution >= 4 is 28.3 Å². The summed E-state index contributed by atoms with van der Waals surface area (Å²) in [5.74, 6) is -0.396. The number of benzene rings is 1. The first-order valence-electron chi connectivity index (χ1n) is 9.20. The molecule has 10 heteroatoms. The zero-order valence-corrected chi connectivity index (χ0v) is 17.6. The number of hydrogen-bond donors (Lipinski definition) is 3. The van der Waals surface area contributed by atoms with E-state index in [2.05, 4.69) is 10.6 Å². The maximum absolute atomic E-state index is 13.0. The van der Waals surface area contributed by atoms with Crippen LogP contribution >= 0.6 is 12.4 Å². The Hall–Kier alpha value is -1.23. The van der Waals surface area contributed by atoms with Crippen LogP contribution in [-0.4, -0.2) is 74.8 Å². The van der Waals surface area contributed by atoms with Gasteiger partial charge in [0, 0.05) is 44.2 Å². The number of hydrogen-bond acceptors (Lipinski definition) is 6. The molecule has 0 bridgehead atoms. The first kappa shape index (κ1) is 23.1. The Morgan fingerprint density at radius 2 is 1.96 bits per heavy atom. The van der Waals surface area contributed by atoms with Gasteiger partial charge in [0.05, 0.1) is 23.2 Å². The lowest BCUT2D eigenvalue weighted by Crippen LogP contribution is -2.48. The summed E-state index contributed by atoms with van der Waals surface area (Å²) < 4.78 is 32.9. The number of β-amino-alcohol motifs (C(OH)–C–C–N with tert-alkyl or cyclic N) is 1. The highest BCUT2D eigenvalue weighted by Crippen LogP contribution is 2.22. The lowest BCUT2D eigenvalue weighted by atomic mass is 10.1. The van der Waals surface area contributed by atoms with Gasteiger partial charge in [0.1, 0.15) is 0 Å². The highest BCUT2D eigenvalue weighted by Gasteiger charge is 2.32. The fourth-order valence-corrected chi connectivity index (χ4v) is 5.16. The van der Waals surface area contributed by atoms with Crippen LogP contribution in [0.1, 0.15) is 24.2 Å². The fourth-order valence-electron chi connectivity index (χ4n) is 3.53. The predicted octanol–water partition coefficient (Wildman–Crippen LogP) is 0.216. The van der Waals surface area contributed by atoms with Crippen molar-refractivity contribution in [3.63, 3.8) is 0 Å². The summed E-state index contributed by atoms with van der Waals surface area (Å²) in [6.07, 6.45) is -0.842. The summed E-state index contributed by atoms with van der Waals surface area (Å²) in [4.78, 5) is 12.5. The molecule has 0 saturated carbocycles. The minimum absolute atomic E-state index is 0. The summed E-state index contributed by atoms with van der Waals surface area (Å²) >= 11 is 0. The number of halogens is 1. The Kier molecular flexibility index (Phi) is 7.83. The van der Waals surface area contributed by atoms with E-state index in [0.29, 0.717) is 19.6 Å². The van der Waals surface area contributed by atoms with Crippen molar-refractivity contribution in [3.05, 3.63) is 29.8 Å². The quantitative estimate of drug-likeness (QED) is 0.613. The molecule has 2 saturated heterocycles. The molecule has 4 atom stereocenters. The van der Waals surface area contributed by atoms with Gasteiger partial charge in [0.15, 0.2) is 0 Å². The molecule has 1 aromatic rings. The second kappa shape index (κ2) is 9.51. The van der Waals surface area contributed by atoms with Crippen molar-refractivity contribution in [2.75, 3.05) is 32.7 Å². The topological polar surface area (TPSA) is 108 Å². The van der Waals surface area contributed by atoms with E-state index in [9.17, 15) is 18.3 Å². The maximum Gasteiger partial charge on any atom is 0.251 e. The number of ether oxygens (including phenoxy) is 1. The zero-order chi connectivity index (χ0) is 19.6. The molecule has 2 fully saturated rings. The Balaban J connectivity index is 0.00000280. The van der Waals surface area contributed by atoms with Crippen LogP contribution in [-0.2, 0) is 14.8 Å².